The van der Waals surface area contributed by atoms with Gasteiger partial charge in [0, 0.05) is 19.3 Å². The minimum atomic E-state index is -0.110. The van der Waals surface area contributed by atoms with Crippen molar-refractivity contribution in [3.05, 3.63) is 0 Å². The quantitative estimate of drug-likeness (QED) is 0.610. The lowest BCUT2D eigenvalue weighted by Crippen LogP contribution is -2.15. The Morgan fingerprint density at radius 3 is 2.24 bits per heavy atom. The van der Waals surface area contributed by atoms with Gasteiger partial charge < -0.3 is 4.74 Å². The fourth-order valence-corrected chi connectivity index (χ4v) is 2.16. The Morgan fingerprint density at radius 2 is 1.53 bits per heavy atom. The summed E-state index contributed by atoms with van der Waals surface area (Å²) in [6.07, 6.45) is 8.31. The predicted octanol–water partition coefficient (Wildman–Crippen LogP) is 3.26. The van der Waals surface area contributed by atoms with Crippen LogP contribution in [0.3, 0.4) is 0 Å². The van der Waals surface area contributed by atoms with E-state index in [1.165, 1.54) is 6.42 Å². The molecule has 1 fully saturated rings. The van der Waals surface area contributed by atoms with Crippen LogP contribution in [0.5, 0.6) is 0 Å². The van der Waals surface area contributed by atoms with E-state index < -0.39 is 0 Å². The van der Waals surface area contributed by atoms with Gasteiger partial charge >= 0.3 is 5.97 Å². The van der Waals surface area contributed by atoms with Gasteiger partial charge in [0.25, 0.3) is 0 Å². The Bertz CT molecular complexity index is 248. The Balaban J connectivity index is 2.35. The molecule has 0 N–H and O–H groups in total. The van der Waals surface area contributed by atoms with Crippen molar-refractivity contribution in [1.82, 2.24) is 0 Å². The van der Waals surface area contributed by atoms with Gasteiger partial charge in [-0.1, -0.05) is 32.6 Å². The van der Waals surface area contributed by atoms with Gasteiger partial charge in [-0.3, -0.25) is 9.59 Å². The summed E-state index contributed by atoms with van der Waals surface area (Å²) < 4.78 is 5.16. The summed E-state index contributed by atoms with van der Waals surface area (Å²) in [5.74, 6) is 0.362. The zero-order valence-corrected chi connectivity index (χ0v) is 10.9. The van der Waals surface area contributed by atoms with E-state index in [4.69, 9.17) is 4.74 Å². The molecule has 0 aromatic carbocycles. The molecule has 1 heterocycles. The molecular weight excluding hydrogens is 216 g/mol. The summed E-state index contributed by atoms with van der Waals surface area (Å²) >= 11 is 0. The van der Waals surface area contributed by atoms with E-state index in [2.05, 4.69) is 0 Å². The van der Waals surface area contributed by atoms with Gasteiger partial charge in [-0.2, -0.15) is 0 Å². The number of carbonyl (C=O) groups is 2. The molecule has 3 nitrogen and oxygen atoms in total. The van der Waals surface area contributed by atoms with Crippen molar-refractivity contribution in [2.75, 3.05) is 6.61 Å². The van der Waals surface area contributed by atoms with Crippen molar-refractivity contribution in [1.29, 1.82) is 0 Å². The highest BCUT2D eigenvalue weighted by atomic mass is 16.5. The van der Waals surface area contributed by atoms with Gasteiger partial charge in [0.1, 0.15) is 5.78 Å². The summed E-state index contributed by atoms with van der Waals surface area (Å²) in [6, 6.07) is 0. The molecule has 1 atom stereocenters. The molecule has 0 aromatic heterocycles. The number of Topliss-reactive ketones (excluding diaryl/α,β-unsaturated/α-hetero) is 1. The van der Waals surface area contributed by atoms with E-state index in [-0.39, 0.29) is 11.9 Å². The molecule has 17 heavy (non-hydrogen) atoms. The van der Waals surface area contributed by atoms with Gasteiger partial charge in [0.05, 0.1) is 6.61 Å². The zero-order valence-electron chi connectivity index (χ0n) is 10.9. The fourth-order valence-electron chi connectivity index (χ4n) is 2.16. The average Bonchev–Trinajstić information content (AvgIpc) is 2.29. The van der Waals surface area contributed by atoms with Gasteiger partial charge in [0.2, 0.25) is 0 Å². The van der Waals surface area contributed by atoms with Crippen molar-refractivity contribution in [2.45, 2.75) is 64.7 Å². The van der Waals surface area contributed by atoms with Crippen molar-refractivity contribution < 1.29 is 14.3 Å². The molecular formula is C14H24O3. The number of hydrogen-bond acceptors (Lipinski definition) is 3. The van der Waals surface area contributed by atoms with E-state index in [0.29, 0.717) is 31.7 Å². The van der Waals surface area contributed by atoms with Crippen LogP contribution in [0.4, 0.5) is 0 Å². The second-order valence-corrected chi connectivity index (χ2v) is 5.15. The van der Waals surface area contributed by atoms with Crippen LogP contribution >= 0.6 is 0 Å². The number of ether oxygens (including phenoxy) is 1. The van der Waals surface area contributed by atoms with Crippen molar-refractivity contribution in [3.63, 3.8) is 0 Å². The third-order valence-corrected chi connectivity index (χ3v) is 3.19. The van der Waals surface area contributed by atoms with Crippen molar-refractivity contribution in [2.24, 2.45) is 5.92 Å². The van der Waals surface area contributed by atoms with E-state index in [1.807, 2.05) is 6.92 Å². The lowest BCUT2D eigenvalue weighted by Gasteiger charge is -2.12. The molecule has 1 saturated heterocycles. The topological polar surface area (TPSA) is 43.4 Å². The second kappa shape index (κ2) is 8.26. The first-order valence-electron chi connectivity index (χ1n) is 6.86. The highest BCUT2D eigenvalue weighted by Gasteiger charge is 2.12. The molecule has 1 aliphatic heterocycles. The van der Waals surface area contributed by atoms with Gasteiger partial charge in [-0.05, 0) is 18.8 Å². The average molecular weight is 240 g/mol. The summed E-state index contributed by atoms with van der Waals surface area (Å²) in [5.41, 5.74) is 0. The highest BCUT2D eigenvalue weighted by molar-refractivity contribution is 5.78. The number of rotatable bonds is 0. The minimum absolute atomic E-state index is 0.110. The summed E-state index contributed by atoms with van der Waals surface area (Å²) in [7, 11) is 0. The molecule has 0 unspecified atom stereocenters. The van der Waals surface area contributed by atoms with Crippen LogP contribution < -0.4 is 0 Å². The first-order chi connectivity index (χ1) is 8.18. The van der Waals surface area contributed by atoms with Gasteiger partial charge in [0.15, 0.2) is 0 Å². The highest BCUT2D eigenvalue weighted by Crippen LogP contribution is 2.13. The van der Waals surface area contributed by atoms with E-state index in [9.17, 15) is 9.59 Å². The second-order valence-electron chi connectivity index (χ2n) is 5.15. The maximum atomic E-state index is 11.6. The first kappa shape index (κ1) is 14.2. The van der Waals surface area contributed by atoms with Crippen LogP contribution in [0.1, 0.15) is 64.7 Å². The van der Waals surface area contributed by atoms with Crippen LogP contribution in [0.25, 0.3) is 0 Å². The van der Waals surface area contributed by atoms with Gasteiger partial charge in [-0.25, -0.2) is 0 Å². The van der Waals surface area contributed by atoms with Crippen LogP contribution in [-0.4, -0.2) is 18.4 Å². The number of carbonyl (C=O) groups excluding carboxylic acids is 2. The molecule has 0 spiro atoms. The maximum absolute atomic E-state index is 11.6. The molecule has 0 amide bonds. The number of hydrogen-bond donors (Lipinski definition) is 0. The number of ketones is 1. The monoisotopic (exact) mass is 240 g/mol. The smallest absolute Gasteiger partial charge is 0.305 e. The number of esters is 1. The lowest BCUT2D eigenvalue weighted by molar-refractivity contribution is -0.145. The molecule has 1 aliphatic rings. The largest absolute Gasteiger partial charge is 0.465 e. The normalized spacial score (nSPS) is 26.1. The summed E-state index contributed by atoms with van der Waals surface area (Å²) in [5, 5.41) is 0. The Morgan fingerprint density at radius 1 is 0.941 bits per heavy atom. The molecule has 0 aliphatic carbocycles. The standard InChI is InChI=1S/C14H24O3/c1-12-10-13(15)8-6-4-2-3-5-7-9-14(16)17-11-12/h12H,2-11H2,1H3/t12-/m1/s1. The molecule has 3 heteroatoms. The Labute approximate surface area is 104 Å². The molecule has 0 radical (unpaired) electrons. The lowest BCUT2D eigenvalue weighted by atomic mass is 10.0. The first-order valence-corrected chi connectivity index (χ1v) is 6.86. The summed E-state index contributed by atoms with van der Waals surface area (Å²) in [4.78, 5) is 23.0. The maximum Gasteiger partial charge on any atom is 0.305 e. The Hall–Kier alpha value is -0.860. The van der Waals surface area contributed by atoms with E-state index in [1.54, 1.807) is 0 Å². The van der Waals surface area contributed by atoms with Crippen LogP contribution in [0.15, 0.2) is 0 Å². The van der Waals surface area contributed by atoms with Crippen molar-refractivity contribution in [3.8, 4) is 0 Å². The third kappa shape index (κ3) is 7.14. The molecule has 98 valence electrons. The van der Waals surface area contributed by atoms with Crippen LogP contribution in [0.2, 0.25) is 0 Å². The van der Waals surface area contributed by atoms with E-state index in [0.717, 1.165) is 32.1 Å². The third-order valence-electron chi connectivity index (χ3n) is 3.19. The SMILES string of the molecule is C[C@H]1COC(=O)CCCCCCCCC(=O)C1. The van der Waals surface area contributed by atoms with Crippen molar-refractivity contribution >= 4 is 11.8 Å². The Kier molecular flexibility index (Phi) is 6.90. The molecule has 0 aromatic rings. The fraction of sp³-hybridized carbons (Fsp3) is 0.857. The van der Waals surface area contributed by atoms with Crippen LogP contribution in [0, 0.1) is 5.92 Å². The molecule has 1 rings (SSSR count). The predicted molar refractivity (Wildman–Crippen MR) is 66.7 cm³/mol. The van der Waals surface area contributed by atoms with E-state index >= 15 is 0 Å². The summed E-state index contributed by atoms with van der Waals surface area (Å²) in [6.45, 7) is 2.36. The van der Waals surface area contributed by atoms with Crippen LogP contribution in [-0.2, 0) is 14.3 Å². The zero-order chi connectivity index (χ0) is 12.5. The molecule has 0 saturated carbocycles. The van der Waals surface area contributed by atoms with Gasteiger partial charge in [-0.15, -0.1) is 0 Å². The molecule has 0 bridgehead atoms. The number of cyclic esters (lactones) is 1. The minimum Gasteiger partial charge on any atom is -0.465 e.